The third-order valence-electron chi connectivity index (χ3n) is 4.11. The van der Waals surface area contributed by atoms with Crippen LogP contribution in [0.1, 0.15) is 42.5 Å². The molecule has 3 rings (SSSR count). The fourth-order valence-electron chi connectivity index (χ4n) is 2.99. The lowest BCUT2D eigenvalue weighted by Crippen LogP contribution is -2.32. The SMILES string of the molecule is O=C1c2ccccc2S(=O)(=O)N1CCSC1CCCCC1. The van der Waals surface area contributed by atoms with Gasteiger partial charge in [0, 0.05) is 17.5 Å². The molecule has 6 heteroatoms. The highest BCUT2D eigenvalue weighted by Gasteiger charge is 2.40. The van der Waals surface area contributed by atoms with E-state index in [0.717, 1.165) is 4.31 Å². The zero-order chi connectivity index (χ0) is 14.9. The minimum atomic E-state index is -3.63. The summed E-state index contributed by atoms with van der Waals surface area (Å²) in [5.41, 5.74) is 0.306. The first-order valence-electron chi connectivity index (χ1n) is 7.38. The Labute approximate surface area is 130 Å². The monoisotopic (exact) mass is 325 g/mol. The molecule has 0 saturated heterocycles. The summed E-state index contributed by atoms with van der Waals surface area (Å²) in [5.74, 6) is 0.304. The minimum Gasteiger partial charge on any atom is -0.268 e. The van der Waals surface area contributed by atoms with E-state index in [1.165, 1.54) is 38.2 Å². The summed E-state index contributed by atoms with van der Waals surface area (Å²) in [4.78, 5) is 12.4. The summed E-state index contributed by atoms with van der Waals surface area (Å²) in [6.45, 7) is 0.275. The molecule has 1 amide bonds. The average molecular weight is 325 g/mol. The Morgan fingerprint density at radius 3 is 2.57 bits per heavy atom. The molecule has 2 aliphatic rings. The molecule has 0 atom stereocenters. The second kappa shape index (κ2) is 6.01. The second-order valence-electron chi connectivity index (χ2n) is 5.51. The highest BCUT2D eigenvalue weighted by Crippen LogP contribution is 2.32. The lowest BCUT2D eigenvalue weighted by molar-refractivity contribution is 0.0876. The topological polar surface area (TPSA) is 54.5 Å². The minimum absolute atomic E-state index is 0.151. The maximum Gasteiger partial charge on any atom is 0.269 e. The highest BCUT2D eigenvalue weighted by molar-refractivity contribution is 8.00. The van der Waals surface area contributed by atoms with Crippen LogP contribution in [0.5, 0.6) is 0 Å². The van der Waals surface area contributed by atoms with Crippen molar-refractivity contribution in [2.24, 2.45) is 0 Å². The molecule has 1 saturated carbocycles. The lowest BCUT2D eigenvalue weighted by atomic mass is 10.0. The molecular formula is C15H19NO3S2. The highest BCUT2D eigenvalue weighted by atomic mass is 32.2. The summed E-state index contributed by atoms with van der Waals surface area (Å²) in [7, 11) is -3.63. The lowest BCUT2D eigenvalue weighted by Gasteiger charge is -2.22. The predicted molar refractivity (Wildman–Crippen MR) is 84.0 cm³/mol. The van der Waals surface area contributed by atoms with E-state index >= 15 is 0 Å². The molecule has 4 nitrogen and oxygen atoms in total. The summed E-state index contributed by atoms with van der Waals surface area (Å²) >= 11 is 1.81. The summed E-state index contributed by atoms with van der Waals surface area (Å²) in [6, 6.07) is 6.46. The van der Waals surface area contributed by atoms with Crippen LogP contribution in [0.15, 0.2) is 29.2 Å². The van der Waals surface area contributed by atoms with Crippen LogP contribution < -0.4 is 0 Å². The molecule has 21 heavy (non-hydrogen) atoms. The number of fused-ring (bicyclic) bond motifs is 1. The number of carbonyl (C=O) groups excluding carboxylic acids is 1. The maximum absolute atomic E-state index is 12.4. The van der Waals surface area contributed by atoms with Crippen molar-refractivity contribution < 1.29 is 13.2 Å². The number of benzene rings is 1. The van der Waals surface area contributed by atoms with E-state index in [1.54, 1.807) is 18.2 Å². The number of hydrogen-bond acceptors (Lipinski definition) is 4. The second-order valence-corrected chi connectivity index (χ2v) is 8.75. The summed E-state index contributed by atoms with van der Waals surface area (Å²) < 4.78 is 25.8. The normalized spacial score (nSPS) is 21.5. The molecule has 0 bridgehead atoms. The van der Waals surface area contributed by atoms with Gasteiger partial charge < -0.3 is 0 Å². The van der Waals surface area contributed by atoms with Gasteiger partial charge in [-0.15, -0.1) is 0 Å². The van der Waals surface area contributed by atoms with E-state index in [0.29, 0.717) is 16.6 Å². The third-order valence-corrected chi connectivity index (χ3v) is 7.31. The van der Waals surface area contributed by atoms with Gasteiger partial charge in [0.25, 0.3) is 15.9 Å². The molecule has 1 fully saturated rings. The molecule has 1 aliphatic carbocycles. The van der Waals surface area contributed by atoms with Gasteiger partial charge in [-0.25, -0.2) is 12.7 Å². The van der Waals surface area contributed by atoms with Crippen molar-refractivity contribution in [1.29, 1.82) is 0 Å². The fourth-order valence-corrected chi connectivity index (χ4v) is 5.96. The molecule has 0 unspecified atom stereocenters. The van der Waals surface area contributed by atoms with Crippen molar-refractivity contribution in [2.45, 2.75) is 42.2 Å². The van der Waals surface area contributed by atoms with E-state index in [9.17, 15) is 13.2 Å². The van der Waals surface area contributed by atoms with E-state index in [1.807, 2.05) is 11.8 Å². The molecule has 0 aromatic heterocycles. The molecule has 0 radical (unpaired) electrons. The van der Waals surface area contributed by atoms with Gasteiger partial charge in [0.15, 0.2) is 0 Å². The van der Waals surface area contributed by atoms with Crippen LogP contribution in [0, 0.1) is 0 Å². The summed E-state index contributed by atoms with van der Waals surface area (Å²) in [5, 5.41) is 0.626. The first kappa shape index (κ1) is 14.9. The zero-order valence-corrected chi connectivity index (χ0v) is 13.5. The van der Waals surface area contributed by atoms with Crippen molar-refractivity contribution in [1.82, 2.24) is 4.31 Å². The average Bonchev–Trinajstić information content (AvgIpc) is 2.70. The quantitative estimate of drug-likeness (QED) is 0.854. The van der Waals surface area contributed by atoms with Gasteiger partial charge >= 0.3 is 0 Å². The number of nitrogens with zero attached hydrogens (tertiary/aromatic N) is 1. The molecule has 1 heterocycles. The van der Waals surface area contributed by atoms with Crippen molar-refractivity contribution >= 4 is 27.7 Å². The Balaban J connectivity index is 1.65. The van der Waals surface area contributed by atoms with E-state index in [4.69, 9.17) is 0 Å². The van der Waals surface area contributed by atoms with E-state index in [2.05, 4.69) is 0 Å². The Morgan fingerprint density at radius 1 is 1.14 bits per heavy atom. The number of thioether (sulfide) groups is 1. The first-order chi connectivity index (χ1) is 10.1. The zero-order valence-electron chi connectivity index (χ0n) is 11.8. The van der Waals surface area contributed by atoms with Gasteiger partial charge in [-0.3, -0.25) is 4.79 Å². The van der Waals surface area contributed by atoms with Crippen LogP contribution in [-0.4, -0.2) is 36.2 Å². The molecule has 1 aromatic carbocycles. The van der Waals surface area contributed by atoms with E-state index < -0.39 is 10.0 Å². The van der Waals surface area contributed by atoms with Crippen LogP contribution in [-0.2, 0) is 10.0 Å². The van der Waals surface area contributed by atoms with Crippen molar-refractivity contribution in [2.75, 3.05) is 12.3 Å². The van der Waals surface area contributed by atoms with Gasteiger partial charge in [0.05, 0.1) is 5.56 Å². The molecular weight excluding hydrogens is 306 g/mol. The van der Waals surface area contributed by atoms with Gasteiger partial charge in [0.1, 0.15) is 4.90 Å². The van der Waals surface area contributed by atoms with Gasteiger partial charge in [-0.2, -0.15) is 11.8 Å². The third kappa shape index (κ3) is 2.83. The number of hydrogen-bond donors (Lipinski definition) is 0. The van der Waals surface area contributed by atoms with Crippen LogP contribution in [0.2, 0.25) is 0 Å². The molecule has 1 aromatic rings. The van der Waals surface area contributed by atoms with Gasteiger partial charge in [-0.05, 0) is 25.0 Å². The number of carbonyl (C=O) groups is 1. The molecule has 0 N–H and O–H groups in total. The summed E-state index contributed by atoms with van der Waals surface area (Å²) in [6.07, 6.45) is 6.27. The molecule has 114 valence electrons. The van der Waals surface area contributed by atoms with Crippen LogP contribution >= 0.6 is 11.8 Å². The Bertz CT molecular complexity index is 636. The Hall–Kier alpha value is -1.01. The maximum atomic E-state index is 12.4. The largest absolute Gasteiger partial charge is 0.269 e. The smallest absolute Gasteiger partial charge is 0.268 e. The Kier molecular flexibility index (Phi) is 4.26. The fraction of sp³-hybridized carbons (Fsp3) is 0.533. The van der Waals surface area contributed by atoms with Gasteiger partial charge in [0.2, 0.25) is 0 Å². The van der Waals surface area contributed by atoms with Crippen molar-refractivity contribution in [3.8, 4) is 0 Å². The predicted octanol–water partition coefficient (Wildman–Crippen LogP) is 2.90. The first-order valence-corrected chi connectivity index (χ1v) is 9.87. The Morgan fingerprint density at radius 2 is 1.86 bits per heavy atom. The van der Waals surface area contributed by atoms with Crippen molar-refractivity contribution in [3.05, 3.63) is 29.8 Å². The van der Waals surface area contributed by atoms with E-state index in [-0.39, 0.29) is 17.3 Å². The van der Waals surface area contributed by atoms with Gasteiger partial charge in [-0.1, -0.05) is 31.4 Å². The van der Waals surface area contributed by atoms with Crippen molar-refractivity contribution in [3.63, 3.8) is 0 Å². The standard InChI is InChI=1S/C15H19NO3S2/c17-15-13-8-4-5-9-14(13)21(18,19)16(15)10-11-20-12-6-2-1-3-7-12/h4-5,8-9,12H,1-3,6-7,10-11H2. The molecule has 1 aliphatic heterocycles. The molecule has 0 spiro atoms. The van der Waals surface area contributed by atoms with Crippen LogP contribution in [0.4, 0.5) is 0 Å². The number of rotatable bonds is 4. The number of amides is 1. The number of sulfonamides is 1. The van der Waals surface area contributed by atoms with Crippen LogP contribution in [0.3, 0.4) is 0 Å². The van der Waals surface area contributed by atoms with Crippen LogP contribution in [0.25, 0.3) is 0 Å².